The lowest BCUT2D eigenvalue weighted by molar-refractivity contribution is 0.166. The Kier molecular flexibility index (Phi) is 1.95. The molecule has 0 spiro atoms. The first-order chi connectivity index (χ1) is 5.04. The van der Waals surface area contributed by atoms with Gasteiger partial charge in [0.25, 0.3) is 0 Å². The summed E-state index contributed by atoms with van der Waals surface area (Å²) in [7, 11) is 0. The Bertz CT molecular complexity index is 237. The molecule has 0 aliphatic heterocycles. The van der Waals surface area contributed by atoms with Gasteiger partial charge in [-0.15, -0.1) is 0 Å². The van der Waals surface area contributed by atoms with Gasteiger partial charge in [0.15, 0.2) is 0 Å². The van der Waals surface area contributed by atoms with Crippen LogP contribution in [0.1, 0.15) is 32.5 Å². The van der Waals surface area contributed by atoms with Crippen LogP contribution in [0.4, 0.5) is 0 Å². The van der Waals surface area contributed by atoms with Gasteiger partial charge in [-0.3, -0.25) is 0 Å². The van der Waals surface area contributed by atoms with Crippen molar-refractivity contribution in [2.75, 3.05) is 0 Å². The predicted molar refractivity (Wildman–Crippen MR) is 37.4 cm³/mol. The second kappa shape index (κ2) is 2.62. The number of rotatable bonds is 1. The quantitative estimate of drug-likeness (QED) is 0.614. The van der Waals surface area contributed by atoms with Gasteiger partial charge < -0.3 is 4.52 Å². The molecule has 0 unspecified atom stereocenters. The molecule has 0 bridgehead atoms. The maximum absolute atomic E-state index is 10.3. The summed E-state index contributed by atoms with van der Waals surface area (Å²) in [6, 6.07) is 0. The van der Waals surface area contributed by atoms with Crippen LogP contribution in [-0.2, 0) is 17.1 Å². The van der Waals surface area contributed by atoms with E-state index in [1.807, 2.05) is 20.8 Å². The van der Waals surface area contributed by atoms with Gasteiger partial charge in [0.1, 0.15) is 6.61 Å². The summed E-state index contributed by atoms with van der Waals surface area (Å²) >= 11 is 0. The molecule has 1 heterocycles. The lowest BCUT2D eigenvalue weighted by atomic mass is 9.97. The standard InChI is InChI=1S/C7H11N2O2/c1-7(2,3)6-8-5(4-10)9-11-6/h4H2,1-3H3. The van der Waals surface area contributed by atoms with Crippen molar-refractivity contribution < 1.29 is 9.63 Å². The van der Waals surface area contributed by atoms with Crippen LogP contribution in [0, 0.1) is 0 Å². The van der Waals surface area contributed by atoms with Crippen LogP contribution in [-0.4, -0.2) is 10.1 Å². The van der Waals surface area contributed by atoms with Crippen LogP contribution < -0.4 is 0 Å². The molecule has 4 nitrogen and oxygen atoms in total. The van der Waals surface area contributed by atoms with E-state index in [0.717, 1.165) is 0 Å². The highest BCUT2D eigenvalue weighted by Crippen LogP contribution is 2.19. The molecule has 0 N–H and O–H groups in total. The van der Waals surface area contributed by atoms with Crippen LogP contribution in [0.25, 0.3) is 0 Å². The van der Waals surface area contributed by atoms with Crippen LogP contribution >= 0.6 is 0 Å². The van der Waals surface area contributed by atoms with Gasteiger partial charge in [-0.25, -0.2) is 5.11 Å². The number of hydrogen-bond acceptors (Lipinski definition) is 3. The van der Waals surface area contributed by atoms with Gasteiger partial charge >= 0.3 is 0 Å². The van der Waals surface area contributed by atoms with E-state index in [-0.39, 0.29) is 11.2 Å². The molecule has 0 atom stereocenters. The minimum atomic E-state index is -0.417. The topological polar surface area (TPSA) is 58.8 Å². The van der Waals surface area contributed by atoms with E-state index in [9.17, 15) is 5.11 Å². The molecular weight excluding hydrogens is 144 g/mol. The Morgan fingerprint density at radius 3 is 2.36 bits per heavy atom. The molecule has 0 amide bonds. The van der Waals surface area contributed by atoms with Crippen molar-refractivity contribution in [1.29, 1.82) is 0 Å². The summed E-state index contributed by atoms with van der Waals surface area (Å²) in [6.45, 7) is 5.44. The van der Waals surface area contributed by atoms with Crippen LogP contribution in [0.15, 0.2) is 4.52 Å². The summed E-state index contributed by atoms with van der Waals surface area (Å²) in [6.07, 6.45) is 0. The molecule has 1 aromatic heterocycles. The van der Waals surface area contributed by atoms with E-state index >= 15 is 0 Å². The summed E-state index contributed by atoms with van der Waals surface area (Å²) in [5.41, 5.74) is -0.166. The maximum atomic E-state index is 10.3. The molecule has 0 aromatic carbocycles. The predicted octanol–water partition coefficient (Wildman–Crippen LogP) is 1.30. The normalized spacial score (nSPS) is 12.0. The molecule has 1 radical (unpaired) electrons. The highest BCUT2D eigenvalue weighted by molar-refractivity contribution is 4.97. The maximum Gasteiger partial charge on any atom is 0.232 e. The zero-order valence-corrected chi connectivity index (χ0v) is 6.92. The lowest BCUT2D eigenvalue weighted by Crippen LogP contribution is -2.11. The number of hydrogen-bond donors (Lipinski definition) is 0. The second-order valence-corrected chi connectivity index (χ2v) is 3.41. The van der Waals surface area contributed by atoms with Gasteiger partial charge in [0.2, 0.25) is 11.7 Å². The summed E-state index contributed by atoms with van der Waals surface area (Å²) in [5.74, 6) is 0.748. The van der Waals surface area contributed by atoms with E-state index in [2.05, 4.69) is 10.1 Å². The fourth-order valence-electron chi connectivity index (χ4n) is 0.617. The van der Waals surface area contributed by atoms with Crippen molar-refractivity contribution in [1.82, 2.24) is 10.1 Å². The van der Waals surface area contributed by atoms with Crippen LogP contribution in [0.2, 0.25) is 0 Å². The van der Waals surface area contributed by atoms with Crippen molar-refractivity contribution in [2.45, 2.75) is 32.8 Å². The third kappa shape index (κ3) is 1.77. The first-order valence-corrected chi connectivity index (χ1v) is 3.45. The Morgan fingerprint density at radius 2 is 2.09 bits per heavy atom. The third-order valence-electron chi connectivity index (χ3n) is 1.24. The first kappa shape index (κ1) is 8.20. The summed E-state index contributed by atoms with van der Waals surface area (Å²) in [5, 5.41) is 13.8. The summed E-state index contributed by atoms with van der Waals surface area (Å²) < 4.78 is 4.86. The zero-order valence-electron chi connectivity index (χ0n) is 6.92. The molecule has 0 aliphatic carbocycles. The van der Waals surface area contributed by atoms with E-state index in [4.69, 9.17) is 4.52 Å². The number of nitrogens with zero attached hydrogens (tertiary/aromatic N) is 2. The van der Waals surface area contributed by atoms with Crippen molar-refractivity contribution in [3.63, 3.8) is 0 Å². The molecule has 4 heteroatoms. The van der Waals surface area contributed by atoms with E-state index in [1.165, 1.54) is 0 Å². The third-order valence-corrected chi connectivity index (χ3v) is 1.24. The van der Waals surface area contributed by atoms with Gasteiger partial charge in [0.05, 0.1) is 0 Å². The van der Waals surface area contributed by atoms with Gasteiger partial charge in [-0.05, 0) is 0 Å². The van der Waals surface area contributed by atoms with Crippen LogP contribution in [0.5, 0.6) is 0 Å². The van der Waals surface area contributed by atoms with Gasteiger partial charge in [0, 0.05) is 5.41 Å². The zero-order chi connectivity index (χ0) is 8.48. The molecule has 0 fully saturated rings. The lowest BCUT2D eigenvalue weighted by Gasteiger charge is -2.10. The Morgan fingerprint density at radius 1 is 1.45 bits per heavy atom. The minimum absolute atomic E-state index is 0.166. The Labute approximate surface area is 65.2 Å². The molecule has 1 rings (SSSR count). The molecule has 0 aliphatic rings. The molecule has 11 heavy (non-hydrogen) atoms. The highest BCUT2D eigenvalue weighted by Gasteiger charge is 2.21. The smallest absolute Gasteiger partial charge is 0.232 e. The van der Waals surface area contributed by atoms with Gasteiger partial charge in [-0.2, -0.15) is 4.98 Å². The minimum Gasteiger partial charge on any atom is -0.339 e. The molecule has 0 saturated heterocycles. The SMILES string of the molecule is CC(C)(C)c1nc(C[O])no1. The molecular formula is C7H11N2O2. The van der Waals surface area contributed by atoms with Crippen molar-refractivity contribution in [3.8, 4) is 0 Å². The summed E-state index contributed by atoms with van der Waals surface area (Å²) in [4.78, 5) is 3.91. The first-order valence-electron chi connectivity index (χ1n) is 3.45. The fourth-order valence-corrected chi connectivity index (χ4v) is 0.617. The largest absolute Gasteiger partial charge is 0.339 e. The number of aromatic nitrogens is 2. The van der Waals surface area contributed by atoms with Gasteiger partial charge in [-0.1, -0.05) is 25.9 Å². The van der Waals surface area contributed by atoms with Crippen molar-refractivity contribution in [3.05, 3.63) is 11.7 Å². The Balaban J connectivity index is 2.89. The molecule has 1 aromatic rings. The van der Waals surface area contributed by atoms with Crippen molar-refractivity contribution in [2.24, 2.45) is 0 Å². The monoisotopic (exact) mass is 155 g/mol. The Hall–Kier alpha value is -0.900. The fraction of sp³-hybridized carbons (Fsp3) is 0.714. The average molecular weight is 155 g/mol. The van der Waals surface area contributed by atoms with Crippen LogP contribution in [0.3, 0.4) is 0 Å². The van der Waals surface area contributed by atoms with Crippen molar-refractivity contribution >= 4 is 0 Å². The van der Waals surface area contributed by atoms with E-state index in [0.29, 0.717) is 5.89 Å². The molecule has 61 valence electrons. The molecule has 0 saturated carbocycles. The van der Waals surface area contributed by atoms with E-state index < -0.39 is 6.61 Å². The van der Waals surface area contributed by atoms with E-state index in [1.54, 1.807) is 0 Å². The second-order valence-electron chi connectivity index (χ2n) is 3.41. The average Bonchev–Trinajstić information content (AvgIpc) is 2.32. The highest BCUT2D eigenvalue weighted by atomic mass is 16.5.